The van der Waals surface area contributed by atoms with Gasteiger partial charge in [0.05, 0.1) is 18.6 Å². The lowest BCUT2D eigenvalue weighted by atomic mass is 9.99. The van der Waals surface area contributed by atoms with Crippen molar-refractivity contribution in [2.45, 2.75) is 39.8 Å². The number of hydrogen-bond donors (Lipinski definition) is 0. The summed E-state index contributed by atoms with van der Waals surface area (Å²) in [5.41, 5.74) is 1.54. The van der Waals surface area contributed by atoms with Gasteiger partial charge in [0.2, 0.25) is 0 Å². The van der Waals surface area contributed by atoms with Crippen LogP contribution in [0, 0.1) is 6.92 Å². The van der Waals surface area contributed by atoms with E-state index in [1.54, 1.807) is 36.6 Å². The van der Waals surface area contributed by atoms with Gasteiger partial charge in [0.1, 0.15) is 6.10 Å². The molecule has 0 amide bonds. The molecule has 0 aliphatic heterocycles. The standard InChI is InChI=1S/C18H22BrClN2O5S/c1-6-26-17(23)14-15(22(10(2)3)18(19)21-14)16(27-28(5,24)25)13-8-7-12(20)9-11(13)4/h7-10,16H,6H2,1-5H3. The number of carbonyl (C=O) groups excluding carboxylic acids is 1. The Hall–Kier alpha value is -1.42. The number of ether oxygens (including phenoxy) is 1. The summed E-state index contributed by atoms with van der Waals surface area (Å²) in [5.74, 6) is -0.661. The van der Waals surface area contributed by atoms with Gasteiger partial charge in [-0.15, -0.1) is 0 Å². The number of esters is 1. The van der Waals surface area contributed by atoms with Crippen LogP contribution in [-0.4, -0.2) is 36.8 Å². The topological polar surface area (TPSA) is 87.5 Å². The molecule has 0 aliphatic rings. The molecule has 0 bridgehead atoms. The molecule has 0 saturated carbocycles. The minimum absolute atomic E-state index is 0.00887. The Bertz CT molecular complexity index is 988. The summed E-state index contributed by atoms with van der Waals surface area (Å²) in [7, 11) is -3.88. The first-order valence-corrected chi connectivity index (χ1v) is 11.5. The molecule has 1 heterocycles. The van der Waals surface area contributed by atoms with Crippen LogP contribution in [0.1, 0.15) is 60.2 Å². The second kappa shape index (κ2) is 8.94. The summed E-state index contributed by atoms with van der Waals surface area (Å²) in [6, 6.07) is 4.87. The van der Waals surface area contributed by atoms with Gasteiger partial charge in [0, 0.05) is 11.1 Å². The SMILES string of the molecule is CCOC(=O)c1nc(Br)n(C(C)C)c1C(OS(C)(=O)=O)c1ccc(Cl)cc1C. The van der Waals surface area contributed by atoms with Crippen LogP contribution in [0.5, 0.6) is 0 Å². The lowest BCUT2D eigenvalue weighted by molar-refractivity contribution is 0.0514. The highest BCUT2D eigenvalue weighted by Crippen LogP contribution is 2.36. The third kappa shape index (κ3) is 5.14. The third-order valence-electron chi connectivity index (χ3n) is 3.92. The summed E-state index contributed by atoms with van der Waals surface area (Å²) in [6.45, 7) is 7.39. The maximum absolute atomic E-state index is 12.5. The first kappa shape index (κ1) is 22.9. The van der Waals surface area contributed by atoms with Crippen LogP contribution in [-0.2, 0) is 19.0 Å². The molecule has 2 aromatic rings. The molecule has 1 aromatic carbocycles. The van der Waals surface area contributed by atoms with Gasteiger partial charge >= 0.3 is 5.97 Å². The average molecular weight is 494 g/mol. The van der Waals surface area contributed by atoms with E-state index < -0.39 is 22.2 Å². The zero-order chi connectivity index (χ0) is 21.2. The van der Waals surface area contributed by atoms with E-state index >= 15 is 0 Å². The number of imidazole rings is 1. The van der Waals surface area contributed by atoms with E-state index in [9.17, 15) is 13.2 Å². The highest BCUT2D eigenvalue weighted by Gasteiger charge is 2.34. The average Bonchev–Trinajstić information content (AvgIpc) is 2.90. The molecule has 2 rings (SSSR count). The molecule has 154 valence electrons. The maximum atomic E-state index is 12.5. The molecule has 1 atom stereocenters. The van der Waals surface area contributed by atoms with Crippen molar-refractivity contribution in [3.8, 4) is 0 Å². The molecule has 28 heavy (non-hydrogen) atoms. The molecular formula is C18H22BrClN2O5S. The zero-order valence-electron chi connectivity index (χ0n) is 16.2. The van der Waals surface area contributed by atoms with Crippen molar-refractivity contribution in [1.29, 1.82) is 0 Å². The van der Waals surface area contributed by atoms with Crippen molar-refractivity contribution in [1.82, 2.24) is 9.55 Å². The fourth-order valence-electron chi connectivity index (χ4n) is 2.86. The van der Waals surface area contributed by atoms with Gasteiger partial charge in [-0.1, -0.05) is 17.7 Å². The van der Waals surface area contributed by atoms with Crippen LogP contribution in [0.25, 0.3) is 0 Å². The number of carbonyl (C=O) groups is 1. The molecule has 0 aliphatic carbocycles. The lowest BCUT2D eigenvalue weighted by Crippen LogP contribution is -2.21. The van der Waals surface area contributed by atoms with Crippen LogP contribution < -0.4 is 0 Å². The predicted molar refractivity (Wildman–Crippen MR) is 110 cm³/mol. The Morgan fingerprint density at radius 2 is 2.00 bits per heavy atom. The van der Waals surface area contributed by atoms with Gasteiger partial charge in [0.25, 0.3) is 10.1 Å². The van der Waals surface area contributed by atoms with Gasteiger partial charge in [-0.25, -0.2) is 9.78 Å². The molecule has 10 heteroatoms. The molecule has 0 fully saturated rings. The van der Waals surface area contributed by atoms with Gasteiger partial charge in [-0.3, -0.25) is 4.18 Å². The minimum Gasteiger partial charge on any atom is -0.461 e. The number of hydrogen-bond acceptors (Lipinski definition) is 6. The molecule has 0 N–H and O–H groups in total. The Labute approximate surface area is 178 Å². The summed E-state index contributed by atoms with van der Waals surface area (Å²) in [5, 5.41) is 0.503. The third-order valence-corrected chi connectivity index (χ3v) is 5.26. The quantitative estimate of drug-likeness (QED) is 0.419. The van der Waals surface area contributed by atoms with Crippen LogP contribution in [0.15, 0.2) is 22.9 Å². The smallest absolute Gasteiger partial charge is 0.358 e. The number of aromatic nitrogens is 2. The van der Waals surface area contributed by atoms with Crippen LogP contribution >= 0.6 is 27.5 Å². The largest absolute Gasteiger partial charge is 0.461 e. The molecule has 0 saturated heterocycles. The molecule has 0 spiro atoms. The van der Waals surface area contributed by atoms with E-state index in [4.69, 9.17) is 20.5 Å². The van der Waals surface area contributed by atoms with E-state index in [2.05, 4.69) is 20.9 Å². The molecule has 1 aromatic heterocycles. The van der Waals surface area contributed by atoms with Gasteiger partial charge in [0.15, 0.2) is 10.4 Å². The second-order valence-electron chi connectivity index (χ2n) is 6.48. The second-order valence-corrected chi connectivity index (χ2v) is 9.23. The molecule has 7 nitrogen and oxygen atoms in total. The zero-order valence-corrected chi connectivity index (χ0v) is 19.4. The van der Waals surface area contributed by atoms with E-state index in [1.165, 1.54) is 0 Å². The summed E-state index contributed by atoms with van der Waals surface area (Å²) in [4.78, 5) is 16.8. The maximum Gasteiger partial charge on any atom is 0.358 e. The summed E-state index contributed by atoms with van der Waals surface area (Å²) in [6.07, 6.45) is -0.145. The number of aryl methyl sites for hydroxylation is 1. The number of halogens is 2. The van der Waals surface area contributed by atoms with Crippen LogP contribution in [0.2, 0.25) is 5.02 Å². The van der Waals surface area contributed by atoms with Crippen molar-refractivity contribution in [3.63, 3.8) is 0 Å². The fraction of sp³-hybridized carbons (Fsp3) is 0.444. The summed E-state index contributed by atoms with van der Waals surface area (Å²) < 4.78 is 36.7. The van der Waals surface area contributed by atoms with Crippen molar-refractivity contribution in [3.05, 3.63) is 50.5 Å². The first-order valence-electron chi connectivity index (χ1n) is 8.55. The van der Waals surface area contributed by atoms with E-state index in [0.717, 1.165) is 6.26 Å². The van der Waals surface area contributed by atoms with Crippen molar-refractivity contribution in [2.75, 3.05) is 12.9 Å². The normalized spacial score (nSPS) is 13.0. The van der Waals surface area contributed by atoms with Crippen molar-refractivity contribution >= 4 is 43.6 Å². The predicted octanol–water partition coefficient (Wildman–Crippen LogP) is 4.43. The van der Waals surface area contributed by atoms with Gasteiger partial charge < -0.3 is 9.30 Å². The minimum atomic E-state index is -3.88. The van der Waals surface area contributed by atoms with Crippen molar-refractivity contribution < 1.29 is 22.1 Å². The highest BCUT2D eigenvalue weighted by atomic mass is 79.9. The van der Waals surface area contributed by atoms with Crippen LogP contribution in [0.4, 0.5) is 0 Å². The highest BCUT2D eigenvalue weighted by molar-refractivity contribution is 9.10. The van der Waals surface area contributed by atoms with E-state index in [-0.39, 0.29) is 24.0 Å². The first-order chi connectivity index (χ1) is 13.0. The fourth-order valence-corrected chi connectivity index (χ4v) is 4.41. The molecule has 1 unspecified atom stereocenters. The van der Waals surface area contributed by atoms with Crippen LogP contribution in [0.3, 0.4) is 0 Å². The Balaban J connectivity index is 2.83. The Morgan fingerprint density at radius 3 is 2.50 bits per heavy atom. The molecular weight excluding hydrogens is 472 g/mol. The Morgan fingerprint density at radius 1 is 1.36 bits per heavy atom. The summed E-state index contributed by atoms with van der Waals surface area (Å²) >= 11 is 9.41. The lowest BCUT2D eigenvalue weighted by Gasteiger charge is -2.23. The Kier molecular flexibility index (Phi) is 7.30. The number of rotatable bonds is 7. The van der Waals surface area contributed by atoms with E-state index in [1.807, 2.05) is 13.8 Å². The monoisotopic (exact) mass is 492 g/mol. The van der Waals surface area contributed by atoms with Crippen molar-refractivity contribution in [2.24, 2.45) is 0 Å². The number of benzene rings is 1. The van der Waals surface area contributed by atoms with Gasteiger partial charge in [-0.2, -0.15) is 8.42 Å². The van der Waals surface area contributed by atoms with Gasteiger partial charge in [-0.05, 0) is 66.9 Å². The molecule has 0 radical (unpaired) electrons. The van der Waals surface area contributed by atoms with E-state index in [0.29, 0.717) is 20.9 Å². The number of nitrogens with zero attached hydrogens (tertiary/aromatic N) is 2.